The van der Waals surface area contributed by atoms with E-state index in [1.807, 2.05) is 6.26 Å². The van der Waals surface area contributed by atoms with Gasteiger partial charge < -0.3 is 11.1 Å². The van der Waals surface area contributed by atoms with Gasteiger partial charge in [0.05, 0.1) is 6.04 Å². The fourth-order valence-electron chi connectivity index (χ4n) is 4.17. The third kappa shape index (κ3) is 1.99. The molecule has 5 atom stereocenters. The predicted octanol–water partition coefficient (Wildman–Crippen LogP) is 1.23. The molecule has 2 bridgehead atoms. The SMILES string of the molecule is CSCC[C@H](N)C(=O)NC1C2C3CCC(C3)C12. The van der Waals surface area contributed by atoms with Crippen LogP contribution in [0.25, 0.3) is 0 Å². The zero-order valence-corrected chi connectivity index (χ0v) is 11.2. The van der Waals surface area contributed by atoms with Crippen LogP contribution in [0.3, 0.4) is 0 Å². The molecule has 0 aromatic heterocycles. The summed E-state index contributed by atoms with van der Waals surface area (Å²) in [5.74, 6) is 4.50. The van der Waals surface area contributed by atoms with Crippen LogP contribution in [-0.4, -0.2) is 30.0 Å². The highest BCUT2D eigenvalue weighted by molar-refractivity contribution is 7.98. The molecule has 96 valence electrons. The molecule has 0 aromatic carbocycles. The van der Waals surface area contributed by atoms with Crippen molar-refractivity contribution in [2.75, 3.05) is 12.0 Å². The molecule has 4 heteroatoms. The molecule has 3 nitrogen and oxygen atoms in total. The van der Waals surface area contributed by atoms with Crippen LogP contribution in [0.5, 0.6) is 0 Å². The molecule has 0 heterocycles. The lowest BCUT2D eigenvalue weighted by atomic mass is 10.0. The number of fused-ring (bicyclic) bond motifs is 5. The summed E-state index contributed by atoms with van der Waals surface area (Å²) in [6.07, 6.45) is 7.07. The molecule has 3 rings (SSSR count). The number of amides is 1. The van der Waals surface area contributed by atoms with Gasteiger partial charge in [0, 0.05) is 6.04 Å². The molecule has 1 amide bonds. The quantitative estimate of drug-likeness (QED) is 0.776. The maximum Gasteiger partial charge on any atom is 0.237 e. The number of nitrogens with one attached hydrogen (secondary N) is 1. The van der Waals surface area contributed by atoms with E-state index in [0.29, 0.717) is 6.04 Å². The molecule has 0 saturated heterocycles. The van der Waals surface area contributed by atoms with Crippen molar-refractivity contribution in [2.45, 2.75) is 37.8 Å². The first-order valence-electron chi connectivity index (χ1n) is 6.77. The van der Waals surface area contributed by atoms with Crippen LogP contribution in [0.4, 0.5) is 0 Å². The summed E-state index contributed by atoms with van der Waals surface area (Å²) in [5.41, 5.74) is 5.89. The average Bonchev–Trinajstić information content (AvgIpc) is 2.75. The molecule has 3 aliphatic rings. The highest BCUT2D eigenvalue weighted by Gasteiger charge is 2.65. The van der Waals surface area contributed by atoms with Crippen molar-refractivity contribution in [1.29, 1.82) is 0 Å². The van der Waals surface area contributed by atoms with Gasteiger partial charge in [-0.05, 0) is 61.4 Å². The van der Waals surface area contributed by atoms with Crippen molar-refractivity contribution < 1.29 is 4.79 Å². The number of hydrogen-bond acceptors (Lipinski definition) is 3. The summed E-state index contributed by atoms with van der Waals surface area (Å²) in [6.45, 7) is 0. The first kappa shape index (κ1) is 11.8. The van der Waals surface area contributed by atoms with Crippen molar-refractivity contribution in [2.24, 2.45) is 29.4 Å². The Morgan fingerprint density at radius 3 is 2.65 bits per heavy atom. The highest BCUT2D eigenvalue weighted by atomic mass is 32.2. The normalized spacial score (nSPS) is 43.3. The van der Waals surface area contributed by atoms with Gasteiger partial charge in [-0.1, -0.05) is 0 Å². The Morgan fingerprint density at radius 2 is 2.06 bits per heavy atom. The lowest BCUT2D eigenvalue weighted by molar-refractivity contribution is -0.122. The largest absolute Gasteiger partial charge is 0.351 e. The van der Waals surface area contributed by atoms with Crippen LogP contribution < -0.4 is 11.1 Å². The van der Waals surface area contributed by atoms with Gasteiger partial charge in [-0.3, -0.25) is 4.79 Å². The van der Waals surface area contributed by atoms with E-state index in [1.165, 1.54) is 19.3 Å². The first-order chi connectivity index (χ1) is 8.22. The number of hydrogen-bond donors (Lipinski definition) is 2. The van der Waals surface area contributed by atoms with E-state index < -0.39 is 0 Å². The molecule has 3 aliphatic carbocycles. The molecule has 0 spiro atoms. The van der Waals surface area contributed by atoms with E-state index in [2.05, 4.69) is 5.32 Å². The first-order valence-corrected chi connectivity index (χ1v) is 8.16. The Kier molecular flexibility index (Phi) is 3.11. The average molecular weight is 254 g/mol. The summed E-state index contributed by atoms with van der Waals surface area (Å²) in [6, 6.07) is 0.176. The molecular weight excluding hydrogens is 232 g/mol. The van der Waals surface area contributed by atoms with E-state index in [9.17, 15) is 4.79 Å². The summed E-state index contributed by atoms with van der Waals surface area (Å²) in [5, 5.41) is 3.19. The zero-order chi connectivity index (χ0) is 12.0. The number of carbonyl (C=O) groups is 1. The molecule has 0 aliphatic heterocycles. The minimum atomic E-state index is -0.304. The van der Waals surface area contributed by atoms with E-state index >= 15 is 0 Å². The van der Waals surface area contributed by atoms with Crippen LogP contribution in [0.15, 0.2) is 0 Å². The summed E-state index contributed by atoms with van der Waals surface area (Å²) < 4.78 is 0. The van der Waals surface area contributed by atoms with Gasteiger partial charge in [-0.15, -0.1) is 0 Å². The van der Waals surface area contributed by atoms with Crippen molar-refractivity contribution in [3.8, 4) is 0 Å². The van der Waals surface area contributed by atoms with E-state index in [0.717, 1.165) is 35.8 Å². The second-order valence-corrected chi connectivity index (χ2v) is 6.90. The van der Waals surface area contributed by atoms with Crippen LogP contribution in [0.1, 0.15) is 25.7 Å². The predicted molar refractivity (Wildman–Crippen MR) is 70.7 cm³/mol. The molecule has 17 heavy (non-hydrogen) atoms. The fourth-order valence-corrected chi connectivity index (χ4v) is 4.66. The summed E-state index contributed by atoms with van der Waals surface area (Å²) in [4.78, 5) is 11.9. The van der Waals surface area contributed by atoms with Gasteiger partial charge in [-0.2, -0.15) is 11.8 Å². The lowest BCUT2D eigenvalue weighted by Gasteiger charge is -2.14. The number of carbonyl (C=O) groups excluding carboxylic acids is 1. The third-order valence-corrected chi connectivity index (χ3v) is 5.66. The van der Waals surface area contributed by atoms with Gasteiger partial charge in [0.25, 0.3) is 0 Å². The van der Waals surface area contributed by atoms with Crippen molar-refractivity contribution >= 4 is 17.7 Å². The Balaban J connectivity index is 1.48. The van der Waals surface area contributed by atoms with Gasteiger partial charge >= 0.3 is 0 Å². The Morgan fingerprint density at radius 1 is 1.41 bits per heavy atom. The fraction of sp³-hybridized carbons (Fsp3) is 0.923. The number of thioether (sulfide) groups is 1. The van der Waals surface area contributed by atoms with E-state index in [1.54, 1.807) is 11.8 Å². The highest BCUT2D eigenvalue weighted by Crippen LogP contribution is 2.65. The maximum absolute atomic E-state index is 11.9. The number of rotatable bonds is 5. The van der Waals surface area contributed by atoms with Crippen molar-refractivity contribution in [3.63, 3.8) is 0 Å². The van der Waals surface area contributed by atoms with Crippen molar-refractivity contribution in [3.05, 3.63) is 0 Å². The monoisotopic (exact) mass is 254 g/mol. The molecule has 3 N–H and O–H groups in total. The van der Waals surface area contributed by atoms with Crippen LogP contribution in [0, 0.1) is 23.7 Å². The van der Waals surface area contributed by atoms with E-state index in [-0.39, 0.29) is 11.9 Å². The Hall–Kier alpha value is -0.220. The van der Waals surface area contributed by atoms with Crippen LogP contribution in [-0.2, 0) is 4.79 Å². The van der Waals surface area contributed by atoms with E-state index in [4.69, 9.17) is 5.73 Å². The van der Waals surface area contributed by atoms with Crippen molar-refractivity contribution in [1.82, 2.24) is 5.32 Å². The Bertz CT molecular complexity index is 307. The minimum Gasteiger partial charge on any atom is -0.351 e. The molecule has 4 unspecified atom stereocenters. The Labute approximate surface area is 107 Å². The lowest BCUT2D eigenvalue weighted by Crippen LogP contribution is -2.43. The summed E-state index contributed by atoms with van der Waals surface area (Å²) >= 11 is 1.75. The van der Waals surface area contributed by atoms with Crippen LogP contribution in [0.2, 0.25) is 0 Å². The smallest absolute Gasteiger partial charge is 0.237 e. The molecule has 3 fully saturated rings. The zero-order valence-electron chi connectivity index (χ0n) is 10.4. The molecule has 0 radical (unpaired) electrons. The molecule has 0 aromatic rings. The second-order valence-electron chi connectivity index (χ2n) is 5.91. The molecular formula is C13H22N2OS. The van der Waals surface area contributed by atoms with Gasteiger partial charge in [0.1, 0.15) is 0 Å². The second kappa shape index (κ2) is 4.47. The third-order valence-electron chi connectivity index (χ3n) is 5.01. The van der Waals surface area contributed by atoms with Gasteiger partial charge in [0.2, 0.25) is 5.91 Å². The standard InChI is InChI=1S/C13H22N2OS/c1-17-5-4-9(14)13(16)15-12-10-7-2-3-8(6-7)11(10)12/h7-12H,2-6,14H2,1H3,(H,15,16)/t7?,8?,9-,10?,11?,12?/m0/s1. The maximum atomic E-state index is 11.9. The van der Waals surface area contributed by atoms with Gasteiger partial charge in [0.15, 0.2) is 0 Å². The van der Waals surface area contributed by atoms with Crippen LogP contribution >= 0.6 is 11.8 Å². The molecule has 3 saturated carbocycles. The topological polar surface area (TPSA) is 55.1 Å². The summed E-state index contributed by atoms with van der Waals surface area (Å²) in [7, 11) is 0. The minimum absolute atomic E-state index is 0.0813. The number of nitrogens with two attached hydrogens (primary N) is 1. The van der Waals surface area contributed by atoms with Gasteiger partial charge in [-0.25, -0.2) is 0 Å².